The SMILES string of the molecule is COc1ccc(-c2nnc(NC(=O)c3ccc(F)cc3)o2)c(OC)c1. The average molecular weight is 343 g/mol. The maximum atomic E-state index is 12.9. The van der Waals surface area contributed by atoms with E-state index in [1.807, 2.05) is 0 Å². The zero-order valence-corrected chi connectivity index (χ0v) is 13.4. The summed E-state index contributed by atoms with van der Waals surface area (Å²) in [5.74, 6) is 0.360. The molecule has 0 fully saturated rings. The van der Waals surface area contributed by atoms with Gasteiger partial charge in [-0.2, -0.15) is 0 Å². The third-order valence-corrected chi connectivity index (χ3v) is 3.39. The number of methoxy groups -OCH3 is 2. The number of halogens is 1. The molecule has 128 valence electrons. The van der Waals surface area contributed by atoms with Crippen LogP contribution in [0.2, 0.25) is 0 Å². The first kappa shape index (κ1) is 16.4. The molecule has 7 nitrogen and oxygen atoms in total. The summed E-state index contributed by atoms with van der Waals surface area (Å²) in [6, 6.07) is 10.1. The molecule has 1 amide bonds. The number of amides is 1. The zero-order chi connectivity index (χ0) is 17.8. The van der Waals surface area contributed by atoms with Gasteiger partial charge in [0.2, 0.25) is 0 Å². The molecule has 0 atom stereocenters. The summed E-state index contributed by atoms with van der Waals surface area (Å²) in [6.45, 7) is 0. The van der Waals surface area contributed by atoms with Crippen molar-refractivity contribution in [3.05, 3.63) is 53.8 Å². The van der Waals surface area contributed by atoms with Crippen LogP contribution in [0.1, 0.15) is 10.4 Å². The maximum Gasteiger partial charge on any atom is 0.322 e. The second-order valence-electron chi connectivity index (χ2n) is 4.94. The molecule has 0 aliphatic rings. The van der Waals surface area contributed by atoms with E-state index in [-0.39, 0.29) is 17.5 Å². The van der Waals surface area contributed by atoms with Crippen molar-refractivity contribution in [3.8, 4) is 23.0 Å². The molecule has 1 N–H and O–H groups in total. The highest BCUT2D eigenvalue weighted by Gasteiger charge is 2.16. The van der Waals surface area contributed by atoms with Crippen molar-refractivity contribution >= 4 is 11.9 Å². The van der Waals surface area contributed by atoms with Gasteiger partial charge in [-0.15, -0.1) is 5.10 Å². The number of ether oxygens (including phenoxy) is 2. The number of anilines is 1. The number of hydrogen-bond acceptors (Lipinski definition) is 6. The number of rotatable bonds is 5. The molecule has 0 saturated carbocycles. The lowest BCUT2D eigenvalue weighted by atomic mass is 10.2. The molecule has 0 radical (unpaired) electrons. The average Bonchev–Trinajstić information content (AvgIpc) is 3.09. The molecule has 3 rings (SSSR count). The summed E-state index contributed by atoms with van der Waals surface area (Å²) in [6.07, 6.45) is 0. The van der Waals surface area contributed by atoms with Crippen LogP contribution in [-0.2, 0) is 0 Å². The minimum Gasteiger partial charge on any atom is -0.497 e. The predicted octanol–water partition coefficient (Wildman–Crippen LogP) is 3.15. The molecule has 3 aromatic rings. The monoisotopic (exact) mass is 343 g/mol. The first-order chi connectivity index (χ1) is 12.1. The van der Waals surface area contributed by atoms with Gasteiger partial charge >= 0.3 is 6.01 Å². The summed E-state index contributed by atoms with van der Waals surface area (Å²) >= 11 is 0. The lowest BCUT2D eigenvalue weighted by Crippen LogP contribution is -2.12. The van der Waals surface area contributed by atoms with Crippen LogP contribution in [0, 0.1) is 5.82 Å². The third-order valence-electron chi connectivity index (χ3n) is 3.39. The quantitative estimate of drug-likeness (QED) is 0.766. The fourth-order valence-corrected chi connectivity index (χ4v) is 2.13. The van der Waals surface area contributed by atoms with E-state index < -0.39 is 11.7 Å². The molecule has 0 unspecified atom stereocenters. The summed E-state index contributed by atoms with van der Waals surface area (Å²) in [7, 11) is 3.05. The van der Waals surface area contributed by atoms with Crippen LogP contribution < -0.4 is 14.8 Å². The van der Waals surface area contributed by atoms with Crippen LogP contribution in [0.4, 0.5) is 10.4 Å². The van der Waals surface area contributed by atoms with Gasteiger partial charge in [0.1, 0.15) is 17.3 Å². The van der Waals surface area contributed by atoms with E-state index in [9.17, 15) is 9.18 Å². The van der Waals surface area contributed by atoms with E-state index in [0.29, 0.717) is 17.1 Å². The minimum absolute atomic E-state index is 0.0813. The highest BCUT2D eigenvalue weighted by Crippen LogP contribution is 2.33. The fourth-order valence-electron chi connectivity index (χ4n) is 2.13. The number of nitrogens with one attached hydrogen (secondary N) is 1. The largest absolute Gasteiger partial charge is 0.497 e. The molecule has 0 aliphatic carbocycles. The Balaban J connectivity index is 1.81. The lowest BCUT2D eigenvalue weighted by molar-refractivity contribution is 0.102. The number of hydrogen-bond donors (Lipinski definition) is 1. The van der Waals surface area contributed by atoms with Gasteiger partial charge in [0.15, 0.2) is 0 Å². The van der Waals surface area contributed by atoms with Gasteiger partial charge in [0, 0.05) is 11.6 Å². The van der Waals surface area contributed by atoms with Gasteiger partial charge in [0.05, 0.1) is 19.8 Å². The van der Waals surface area contributed by atoms with E-state index in [1.54, 1.807) is 25.3 Å². The Hall–Kier alpha value is -3.42. The Bertz CT molecular complexity index is 893. The molecular weight excluding hydrogens is 329 g/mol. The molecule has 0 bridgehead atoms. The molecule has 0 spiro atoms. The summed E-state index contributed by atoms with van der Waals surface area (Å²) in [4.78, 5) is 12.1. The number of carbonyl (C=O) groups is 1. The molecule has 0 aliphatic heterocycles. The molecule has 25 heavy (non-hydrogen) atoms. The van der Waals surface area contributed by atoms with Crippen LogP contribution in [0.25, 0.3) is 11.5 Å². The first-order valence-electron chi connectivity index (χ1n) is 7.23. The van der Waals surface area contributed by atoms with E-state index in [1.165, 1.54) is 31.4 Å². The van der Waals surface area contributed by atoms with Crippen molar-refractivity contribution < 1.29 is 23.1 Å². The van der Waals surface area contributed by atoms with Crippen molar-refractivity contribution in [2.45, 2.75) is 0 Å². The van der Waals surface area contributed by atoms with Crippen molar-refractivity contribution in [1.29, 1.82) is 0 Å². The smallest absolute Gasteiger partial charge is 0.322 e. The van der Waals surface area contributed by atoms with E-state index in [4.69, 9.17) is 13.9 Å². The van der Waals surface area contributed by atoms with Crippen molar-refractivity contribution in [2.24, 2.45) is 0 Å². The number of carbonyl (C=O) groups excluding carboxylic acids is 1. The molecule has 1 aromatic heterocycles. The Morgan fingerprint density at radius 1 is 1.08 bits per heavy atom. The molecule has 1 heterocycles. The Morgan fingerprint density at radius 3 is 2.52 bits per heavy atom. The normalized spacial score (nSPS) is 10.4. The Kier molecular flexibility index (Phi) is 4.60. The van der Waals surface area contributed by atoms with Gasteiger partial charge in [-0.3, -0.25) is 10.1 Å². The lowest BCUT2D eigenvalue weighted by Gasteiger charge is -2.07. The number of benzene rings is 2. The Labute approximate surface area is 142 Å². The summed E-state index contributed by atoms with van der Waals surface area (Å²) in [5, 5.41) is 10.1. The van der Waals surface area contributed by atoms with E-state index >= 15 is 0 Å². The second-order valence-corrected chi connectivity index (χ2v) is 4.94. The van der Waals surface area contributed by atoms with E-state index in [2.05, 4.69) is 15.5 Å². The highest BCUT2D eigenvalue weighted by molar-refractivity contribution is 6.03. The zero-order valence-electron chi connectivity index (χ0n) is 13.4. The van der Waals surface area contributed by atoms with Gasteiger partial charge in [-0.05, 0) is 36.4 Å². The maximum absolute atomic E-state index is 12.9. The molecular formula is C17H14FN3O4. The highest BCUT2D eigenvalue weighted by atomic mass is 19.1. The first-order valence-corrected chi connectivity index (χ1v) is 7.23. The molecule has 2 aromatic carbocycles. The summed E-state index contributed by atoms with van der Waals surface area (Å²) < 4.78 is 28.8. The van der Waals surface area contributed by atoms with Crippen LogP contribution >= 0.6 is 0 Å². The van der Waals surface area contributed by atoms with Crippen LogP contribution in [-0.4, -0.2) is 30.3 Å². The fraction of sp³-hybridized carbons (Fsp3) is 0.118. The second kappa shape index (κ2) is 7.00. The van der Waals surface area contributed by atoms with Crippen LogP contribution in [0.3, 0.4) is 0 Å². The Morgan fingerprint density at radius 2 is 1.84 bits per heavy atom. The minimum atomic E-state index is -0.489. The summed E-state index contributed by atoms with van der Waals surface area (Å²) in [5.41, 5.74) is 0.821. The van der Waals surface area contributed by atoms with Crippen LogP contribution in [0.5, 0.6) is 11.5 Å². The predicted molar refractivity (Wildman–Crippen MR) is 87.2 cm³/mol. The number of nitrogens with zero attached hydrogens (tertiary/aromatic N) is 2. The van der Waals surface area contributed by atoms with Crippen LogP contribution in [0.15, 0.2) is 46.9 Å². The van der Waals surface area contributed by atoms with Crippen molar-refractivity contribution in [3.63, 3.8) is 0 Å². The topological polar surface area (TPSA) is 86.5 Å². The standard InChI is InChI=1S/C17H14FN3O4/c1-23-12-7-8-13(14(9-12)24-2)16-20-21-17(25-16)19-15(22)10-3-5-11(18)6-4-10/h3-9H,1-2H3,(H,19,21,22). The van der Waals surface area contributed by atoms with Crippen molar-refractivity contribution in [2.75, 3.05) is 19.5 Å². The van der Waals surface area contributed by atoms with Gasteiger partial charge in [-0.1, -0.05) is 5.10 Å². The molecule has 0 saturated heterocycles. The van der Waals surface area contributed by atoms with Gasteiger partial charge < -0.3 is 13.9 Å². The van der Waals surface area contributed by atoms with E-state index in [0.717, 1.165) is 0 Å². The van der Waals surface area contributed by atoms with Gasteiger partial charge in [-0.25, -0.2) is 4.39 Å². The third kappa shape index (κ3) is 3.57. The molecule has 8 heteroatoms. The number of aromatic nitrogens is 2. The van der Waals surface area contributed by atoms with Gasteiger partial charge in [0.25, 0.3) is 11.8 Å². The van der Waals surface area contributed by atoms with Crippen molar-refractivity contribution in [1.82, 2.24) is 10.2 Å².